The predicted molar refractivity (Wildman–Crippen MR) is 123 cm³/mol. The summed E-state index contributed by atoms with van der Waals surface area (Å²) in [6.45, 7) is 0.797. The molecular weight excluding hydrogens is 430 g/mol. The van der Waals surface area contributed by atoms with Gasteiger partial charge in [-0.3, -0.25) is 14.2 Å². The van der Waals surface area contributed by atoms with Crippen LogP contribution in [0.4, 0.5) is 5.95 Å². The number of aryl methyl sites for hydroxylation is 1. The summed E-state index contributed by atoms with van der Waals surface area (Å²) in [6, 6.07) is 2.02. The fourth-order valence-corrected chi connectivity index (χ4v) is 5.41. The second-order valence-electron chi connectivity index (χ2n) is 9.08. The van der Waals surface area contributed by atoms with Crippen molar-refractivity contribution in [2.75, 3.05) is 19.0 Å². The lowest BCUT2D eigenvalue weighted by Crippen LogP contribution is -2.49. The minimum absolute atomic E-state index is 0.102. The van der Waals surface area contributed by atoms with Gasteiger partial charge in [-0.25, -0.2) is 15.0 Å². The summed E-state index contributed by atoms with van der Waals surface area (Å²) in [7, 11) is 5.62. The third-order valence-electron chi connectivity index (χ3n) is 6.60. The fourth-order valence-electron chi connectivity index (χ4n) is 5.26. The summed E-state index contributed by atoms with van der Waals surface area (Å²) >= 11 is 6.11. The molecule has 0 N–H and O–H groups in total. The number of hydrogen-bond donors (Lipinski definition) is 0. The van der Waals surface area contributed by atoms with Gasteiger partial charge in [-0.1, -0.05) is 11.6 Å². The monoisotopic (exact) mass is 455 g/mol. The third-order valence-corrected chi connectivity index (χ3v) is 6.81. The lowest BCUT2D eigenvalue weighted by Gasteiger charge is -2.39. The van der Waals surface area contributed by atoms with Crippen molar-refractivity contribution in [2.24, 2.45) is 7.05 Å². The van der Waals surface area contributed by atoms with Crippen LogP contribution in [0.5, 0.6) is 0 Å². The van der Waals surface area contributed by atoms with E-state index in [0.29, 0.717) is 16.2 Å². The van der Waals surface area contributed by atoms with Crippen LogP contribution in [0.2, 0.25) is 5.02 Å². The zero-order valence-electron chi connectivity index (χ0n) is 18.4. The maximum Gasteiger partial charge on any atom is 0.318 e. The second kappa shape index (κ2) is 7.97. The van der Waals surface area contributed by atoms with Crippen molar-refractivity contribution in [3.8, 4) is 0 Å². The molecule has 0 aliphatic carbocycles. The van der Waals surface area contributed by atoms with Gasteiger partial charge in [0.2, 0.25) is 5.95 Å². The Morgan fingerprint density at radius 2 is 1.66 bits per heavy atom. The van der Waals surface area contributed by atoms with Gasteiger partial charge < -0.3 is 14.4 Å². The first-order valence-corrected chi connectivity index (χ1v) is 11.2. The molecule has 0 aromatic carbocycles. The van der Waals surface area contributed by atoms with Gasteiger partial charge in [0.15, 0.2) is 5.65 Å². The van der Waals surface area contributed by atoms with Crippen LogP contribution < -0.4 is 16.0 Å². The standard InChI is InChI=1S/C22H26ClN7O2/c1-27(2)12-13-9-25-22(26-10-13)29-15-4-5-16(29)8-17(7-15)30-19-18(6-14(23)11-24-19)28(3)20(31)21(30)32/h6,9-11,15-17H,4-5,7-8,12H2,1-3H3/t15-,16+,17?. The Labute approximate surface area is 190 Å². The van der Waals surface area contributed by atoms with Crippen LogP contribution in [-0.2, 0) is 13.6 Å². The first kappa shape index (κ1) is 21.1. The van der Waals surface area contributed by atoms with Gasteiger partial charge in [0.25, 0.3) is 0 Å². The molecule has 32 heavy (non-hydrogen) atoms. The number of aromatic nitrogens is 5. The zero-order valence-corrected chi connectivity index (χ0v) is 19.2. The summed E-state index contributed by atoms with van der Waals surface area (Å²) in [4.78, 5) is 43.8. The normalized spacial score (nSPS) is 22.8. The van der Waals surface area contributed by atoms with E-state index in [1.165, 1.54) is 10.8 Å². The van der Waals surface area contributed by atoms with Crippen LogP contribution in [0.25, 0.3) is 11.2 Å². The Morgan fingerprint density at radius 1 is 1.00 bits per heavy atom. The van der Waals surface area contributed by atoms with Gasteiger partial charge in [0.05, 0.1) is 10.5 Å². The summed E-state index contributed by atoms with van der Waals surface area (Å²) in [6.07, 6.45) is 8.82. The molecule has 10 heteroatoms. The van der Waals surface area contributed by atoms with Gasteiger partial charge in [-0.15, -0.1) is 0 Å². The van der Waals surface area contributed by atoms with Crippen LogP contribution in [0.15, 0.2) is 34.2 Å². The molecule has 2 saturated heterocycles. The first-order chi connectivity index (χ1) is 15.3. The second-order valence-corrected chi connectivity index (χ2v) is 9.52. The molecule has 5 heterocycles. The highest BCUT2D eigenvalue weighted by Gasteiger charge is 2.43. The summed E-state index contributed by atoms with van der Waals surface area (Å²) in [5.41, 5.74) is 1.05. The van der Waals surface area contributed by atoms with E-state index in [1.54, 1.807) is 17.7 Å². The maximum absolute atomic E-state index is 13.0. The van der Waals surface area contributed by atoms with Gasteiger partial charge in [0, 0.05) is 55.9 Å². The van der Waals surface area contributed by atoms with Crippen molar-refractivity contribution in [3.63, 3.8) is 0 Å². The molecule has 1 unspecified atom stereocenters. The largest absolute Gasteiger partial charge is 0.335 e. The van der Waals surface area contributed by atoms with Crippen molar-refractivity contribution in [1.29, 1.82) is 0 Å². The number of rotatable bonds is 4. The van der Waals surface area contributed by atoms with Crippen molar-refractivity contribution >= 4 is 28.7 Å². The molecule has 0 saturated carbocycles. The number of anilines is 1. The van der Waals surface area contributed by atoms with E-state index in [2.05, 4.69) is 24.8 Å². The van der Waals surface area contributed by atoms with Crippen LogP contribution in [-0.4, -0.2) is 55.2 Å². The minimum Gasteiger partial charge on any atom is -0.335 e. The Bertz CT molecular complexity index is 1270. The van der Waals surface area contributed by atoms with Crippen LogP contribution in [0, 0.1) is 0 Å². The van der Waals surface area contributed by atoms with Crippen molar-refractivity contribution < 1.29 is 0 Å². The number of piperidine rings is 1. The van der Waals surface area contributed by atoms with E-state index in [1.807, 2.05) is 26.5 Å². The van der Waals surface area contributed by atoms with E-state index in [0.717, 1.165) is 43.7 Å². The maximum atomic E-state index is 13.0. The molecule has 0 amide bonds. The van der Waals surface area contributed by atoms with E-state index >= 15 is 0 Å². The number of hydrogen-bond acceptors (Lipinski definition) is 7. The van der Waals surface area contributed by atoms with Crippen LogP contribution in [0.3, 0.4) is 0 Å². The molecule has 0 radical (unpaired) electrons. The van der Waals surface area contributed by atoms with E-state index in [9.17, 15) is 9.59 Å². The number of halogens is 1. The molecule has 2 bridgehead atoms. The lowest BCUT2D eigenvalue weighted by atomic mass is 9.97. The average Bonchev–Trinajstić information content (AvgIpc) is 3.02. The fraction of sp³-hybridized carbons (Fsp3) is 0.500. The molecule has 9 nitrogen and oxygen atoms in total. The van der Waals surface area contributed by atoms with Gasteiger partial charge in [-0.05, 0) is 45.8 Å². The Kier molecular flexibility index (Phi) is 5.25. The topological polar surface area (TPSA) is 89.2 Å². The lowest BCUT2D eigenvalue weighted by molar-refractivity contribution is 0.330. The Morgan fingerprint density at radius 3 is 2.28 bits per heavy atom. The van der Waals surface area contributed by atoms with E-state index < -0.39 is 11.1 Å². The molecule has 2 aliphatic rings. The highest BCUT2D eigenvalue weighted by molar-refractivity contribution is 6.31. The molecule has 168 valence electrons. The van der Waals surface area contributed by atoms with Crippen molar-refractivity contribution in [3.05, 3.63) is 56.0 Å². The predicted octanol–water partition coefficient (Wildman–Crippen LogP) is 1.97. The van der Waals surface area contributed by atoms with Gasteiger partial charge >= 0.3 is 11.1 Å². The molecule has 3 aromatic rings. The minimum atomic E-state index is -0.559. The van der Waals surface area contributed by atoms with Gasteiger partial charge in [0.1, 0.15) is 0 Å². The van der Waals surface area contributed by atoms with Crippen molar-refractivity contribution in [1.82, 2.24) is 29.0 Å². The van der Waals surface area contributed by atoms with E-state index in [4.69, 9.17) is 11.6 Å². The Balaban J connectivity index is 1.48. The molecule has 5 rings (SSSR count). The zero-order chi connectivity index (χ0) is 22.6. The third kappa shape index (κ3) is 3.49. The quantitative estimate of drug-likeness (QED) is 0.555. The van der Waals surface area contributed by atoms with E-state index in [-0.39, 0.29) is 18.1 Å². The number of pyridine rings is 1. The average molecular weight is 456 g/mol. The van der Waals surface area contributed by atoms with Crippen LogP contribution in [0.1, 0.15) is 37.3 Å². The summed E-state index contributed by atoms with van der Waals surface area (Å²) in [5.74, 6) is 0.740. The molecule has 0 spiro atoms. The highest BCUT2D eigenvalue weighted by atomic mass is 35.5. The number of nitrogens with zero attached hydrogens (tertiary/aromatic N) is 7. The highest BCUT2D eigenvalue weighted by Crippen LogP contribution is 2.42. The molecule has 2 aliphatic heterocycles. The number of fused-ring (bicyclic) bond motifs is 3. The summed E-state index contributed by atoms with van der Waals surface area (Å²) < 4.78 is 2.93. The SMILES string of the molecule is CN(C)Cc1cnc(N2[C@@H]3CC[C@H]2CC(n2c(=O)c(=O)n(C)c4cc(Cl)cnc42)C3)nc1. The molecule has 2 fully saturated rings. The smallest absolute Gasteiger partial charge is 0.318 e. The molecular formula is C22H26ClN7O2. The Hall–Kier alpha value is -2.78. The molecule has 3 aromatic heterocycles. The summed E-state index contributed by atoms with van der Waals surface area (Å²) in [5, 5.41) is 0.433. The molecule has 3 atom stereocenters. The van der Waals surface area contributed by atoms with Crippen LogP contribution >= 0.6 is 11.6 Å². The first-order valence-electron chi connectivity index (χ1n) is 10.8. The van der Waals surface area contributed by atoms with Gasteiger partial charge in [-0.2, -0.15) is 0 Å². The van der Waals surface area contributed by atoms with Crippen molar-refractivity contribution in [2.45, 2.75) is 50.4 Å².